The Morgan fingerprint density at radius 3 is 2.88 bits per heavy atom. The van der Waals surface area contributed by atoms with Crippen LogP contribution in [0, 0.1) is 5.82 Å². The highest BCUT2D eigenvalue weighted by Crippen LogP contribution is 2.41. The average molecular weight is 405 g/mol. The maximum absolute atomic E-state index is 13.5. The van der Waals surface area contributed by atoms with Crippen LogP contribution in [0.5, 0.6) is 0 Å². The average Bonchev–Trinajstić information content (AvgIpc) is 2.99. The zero-order valence-corrected chi connectivity index (χ0v) is 16.0. The molecule has 2 fully saturated rings. The van der Waals surface area contributed by atoms with Gasteiger partial charge in [-0.3, -0.25) is 4.79 Å². The first-order chi connectivity index (χ1) is 11.8. The number of nitrogens with zero attached hydrogens (tertiary/aromatic N) is 2. The van der Waals surface area contributed by atoms with Crippen molar-refractivity contribution < 1.29 is 17.6 Å². The fourth-order valence-corrected chi connectivity index (χ4v) is 7.10. The number of halogens is 2. The Bertz CT molecular complexity index is 829. The summed E-state index contributed by atoms with van der Waals surface area (Å²) in [6, 6.07) is 3.88. The minimum atomic E-state index is -3.14. The highest BCUT2D eigenvalue weighted by atomic mass is 35.5. The number of hydrogen-bond acceptors (Lipinski definition) is 4. The fourth-order valence-electron chi connectivity index (χ4n) is 2.99. The summed E-state index contributed by atoms with van der Waals surface area (Å²) in [6.45, 7) is 1.99. The van der Waals surface area contributed by atoms with Crippen LogP contribution in [-0.4, -0.2) is 42.3 Å². The molecule has 2 atom stereocenters. The van der Waals surface area contributed by atoms with E-state index in [0.717, 1.165) is 12.8 Å². The molecular weight excluding hydrogens is 387 g/mol. The summed E-state index contributed by atoms with van der Waals surface area (Å²) < 4.78 is 37.4. The number of carbonyl (C=O) groups excluding carboxylic acids is 1. The summed E-state index contributed by atoms with van der Waals surface area (Å²) in [7, 11) is -3.14. The Morgan fingerprint density at radius 1 is 1.44 bits per heavy atom. The molecule has 2 saturated heterocycles. The quantitative estimate of drug-likeness (QED) is 0.770. The number of unbranched alkanes of at least 4 members (excludes halogenated alkanes) is 1. The number of aliphatic imine (C=N–C) groups is 1. The molecule has 0 aliphatic carbocycles. The zero-order valence-electron chi connectivity index (χ0n) is 13.6. The van der Waals surface area contributed by atoms with E-state index >= 15 is 0 Å². The summed E-state index contributed by atoms with van der Waals surface area (Å²) >= 11 is 7.18. The molecule has 2 unspecified atom stereocenters. The monoisotopic (exact) mass is 404 g/mol. The van der Waals surface area contributed by atoms with Crippen molar-refractivity contribution in [2.45, 2.75) is 37.5 Å². The lowest BCUT2D eigenvalue weighted by Crippen LogP contribution is -2.37. The maximum atomic E-state index is 13.5. The molecule has 2 aliphatic rings. The van der Waals surface area contributed by atoms with Gasteiger partial charge in [0.15, 0.2) is 15.0 Å². The van der Waals surface area contributed by atoms with Crippen molar-refractivity contribution in [3.63, 3.8) is 0 Å². The summed E-state index contributed by atoms with van der Waals surface area (Å²) in [5.41, 5.74) is 0.547. The van der Waals surface area contributed by atoms with E-state index in [1.807, 2.05) is 6.92 Å². The molecule has 2 heterocycles. The Kier molecular flexibility index (Phi) is 5.41. The molecule has 0 bridgehead atoms. The van der Waals surface area contributed by atoms with Gasteiger partial charge in [-0.1, -0.05) is 36.7 Å². The molecule has 2 aliphatic heterocycles. The smallest absolute Gasteiger partial charge is 0.248 e. The van der Waals surface area contributed by atoms with Gasteiger partial charge < -0.3 is 4.90 Å². The van der Waals surface area contributed by atoms with Gasteiger partial charge in [0.1, 0.15) is 5.82 Å². The number of hydrogen-bond donors (Lipinski definition) is 0. The second-order valence-electron chi connectivity index (χ2n) is 6.16. The molecule has 0 aromatic heterocycles. The van der Waals surface area contributed by atoms with Gasteiger partial charge in [0, 0.05) is 17.4 Å². The van der Waals surface area contributed by atoms with Crippen molar-refractivity contribution in [3.05, 3.63) is 29.0 Å². The number of benzene rings is 1. The molecule has 9 heteroatoms. The minimum absolute atomic E-state index is 0.0121. The predicted molar refractivity (Wildman–Crippen MR) is 99.7 cm³/mol. The molecule has 0 N–H and O–H groups in total. The van der Waals surface area contributed by atoms with Crippen LogP contribution in [0.2, 0.25) is 5.02 Å². The molecule has 0 saturated carbocycles. The van der Waals surface area contributed by atoms with Crippen LogP contribution in [0.25, 0.3) is 0 Å². The van der Waals surface area contributed by atoms with E-state index in [4.69, 9.17) is 11.6 Å². The van der Waals surface area contributed by atoms with Crippen molar-refractivity contribution >= 4 is 50.0 Å². The van der Waals surface area contributed by atoms with Crippen molar-refractivity contribution in [3.8, 4) is 0 Å². The van der Waals surface area contributed by atoms with Gasteiger partial charge in [-0.05, 0) is 24.6 Å². The molecule has 3 rings (SSSR count). The minimum Gasteiger partial charge on any atom is -0.316 e. The summed E-state index contributed by atoms with van der Waals surface area (Å²) in [6.07, 6.45) is 2.00. The van der Waals surface area contributed by atoms with E-state index in [-0.39, 0.29) is 33.7 Å². The second-order valence-corrected chi connectivity index (χ2v) is 9.93. The predicted octanol–water partition coefficient (Wildman–Crippen LogP) is 3.27. The van der Waals surface area contributed by atoms with Crippen LogP contribution in [0.3, 0.4) is 0 Å². The molecular formula is C16H18ClFN2O3S2. The van der Waals surface area contributed by atoms with Crippen LogP contribution in [0.4, 0.5) is 10.1 Å². The van der Waals surface area contributed by atoms with E-state index in [2.05, 4.69) is 4.99 Å². The first kappa shape index (κ1) is 18.7. The van der Waals surface area contributed by atoms with Gasteiger partial charge in [-0.25, -0.2) is 12.8 Å². The molecule has 136 valence electrons. The van der Waals surface area contributed by atoms with E-state index in [9.17, 15) is 17.6 Å². The zero-order chi connectivity index (χ0) is 18.2. The van der Waals surface area contributed by atoms with E-state index in [0.29, 0.717) is 17.3 Å². The summed E-state index contributed by atoms with van der Waals surface area (Å²) in [5.74, 6) is -0.742. The topological polar surface area (TPSA) is 66.8 Å². The highest BCUT2D eigenvalue weighted by Gasteiger charge is 2.49. The Labute approximate surface area is 155 Å². The Balaban J connectivity index is 1.96. The maximum Gasteiger partial charge on any atom is 0.248 e. The number of sulfone groups is 1. The number of fused-ring (bicyclic) bond motifs is 1. The van der Waals surface area contributed by atoms with Crippen molar-refractivity contribution in [2.24, 2.45) is 4.99 Å². The number of carbonyl (C=O) groups is 1. The number of amidine groups is 1. The van der Waals surface area contributed by atoms with Crippen molar-refractivity contribution in [1.82, 2.24) is 0 Å². The largest absolute Gasteiger partial charge is 0.316 e. The van der Waals surface area contributed by atoms with Crippen molar-refractivity contribution in [1.29, 1.82) is 0 Å². The molecule has 0 radical (unpaired) electrons. The van der Waals surface area contributed by atoms with Crippen LogP contribution >= 0.6 is 23.4 Å². The third kappa shape index (κ3) is 4.01. The van der Waals surface area contributed by atoms with Gasteiger partial charge in [-0.15, -0.1) is 0 Å². The number of thioether (sulfide) groups is 1. The lowest BCUT2D eigenvalue weighted by atomic mass is 10.2. The second kappa shape index (κ2) is 7.25. The third-order valence-corrected chi connectivity index (χ3v) is 7.71. The molecule has 1 amide bonds. The third-order valence-electron chi connectivity index (χ3n) is 4.21. The standard InChI is InChI=1S/C16H18ClFN2O3S2/c1-2-3-4-15(21)19-16-20(10-5-6-12(18)11(17)7-10)13-8-25(22,23)9-14(13)24-16/h5-7,13-14H,2-4,8-9H2,1H3. The molecule has 0 spiro atoms. The normalized spacial score (nSPS) is 26.2. The van der Waals surface area contributed by atoms with Gasteiger partial charge in [0.05, 0.1) is 22.6 Å². The summed E-state index contributed by atoms with van der Waals surface area (Å²) in [4.78, 5) is 18.0. The van der Waals surface area contributed by atoms with Crippen LogP contribution in [0.15, 0.2) is 23.2 Å². The molecule has 5 nitrogen and oxygen atoms in total. The lowest BCUT2D eigenvalue weighted by molar-refractivity contribution is -0.117. The molecule has 25 heavy (non-hydrogen) atoms. The SMILES string of the molecule is CCCCC(=O)N=C1SC2CS(=O)(=O)CC2N1c1ccc(F)c(Cl)c1. The fraction of sp³-hybridized carbons (Fsp3) is 0.500. The Morgan fingerprint density at radius 2 is 2.20 bits per heavy atom. The van der Waals surface area contributed by atoms with E-state index in [1.54, 1.807) is 4.90 Å². The van der Waals surface area contributed by atoms with Crippen LogP contribution in [-0.2, 0) is 14.6 Å². The number of amides is 1. The summed E-state index contributed by atoms with van der Waals surface area (Å²) in [5, 5.41) is 0.226. The van der Waals surface area contributed by atoms with Crippen LogP contribution < -0.4 is 4.90 Å². The number of anilines is 1. The van der Waals surface area contributed by atoms with Gasteiger partial charge >= 0.3 is 0 Å². The number of rotatable bonds is 4. The molecule has 1 aromatic carbocycles. The first-order valence-corrected chi connectivity index (χ1v) is 11.1. The highest BCUT2D eigenvalue weighted by molar-refractivity contribution is 8.16. The van der Waals surface area contributed by atoms with Crippen molar-refractivity contribution in [2.75, 3.05) is 16.4 Å². The Hall–Kier alpha value is -1.12. The first-order valence-electron chi connectivity index (χ1n) is 8.03. The lowest BCUT2D eigenvalue weighted by Gasteiger charge is -2.24. The van der Waals surface area contributed by atoms with Gasteiger partial charge in [0.2, 0.25) is 5.91 Å². The van der Waals surface area contributed by atoms with E-state index < -0.39 is 15.7 Å². The van der Waals surface area contributed by atoms with Gasteiger partial charge in [-0.2, -0.15) is 4.99 Å². The van der Waals surface area contributed by atoms with Crippen LogP contribution in [0.1, 0.15) is 26.2 Å². The molecule has 1 aromatic rings. The van der Waals surface area contributed by atoms with Gasteiger partial charge in [0.25, 0.3) is 0 Å². The van der Waals surface area contributed by atoms with E-state index in [1.165, 1.54) is 30.0 Å².